The predicted molar refractivity (Wildman–Crippen MR) is 112 cm³/mol. The van der Waals surface area contributed by atoms with Gasteiger partial charge in [-0.3, -0.25) is 0 Å². The Balaban J connectivity index is 2.04. The van der Waals surface area contributed by atoms with Gasteiger partial charge in [0, 0.05) is 12.3 Å². The minimum Gasteiger partial charge on any atom is -0.449 e. The van der Waals surface area contributed by atoms with E-state index in [1.165, 1.54) is 6.08 Å². The van der Waals surface area contributed by atoms with Crippen LogP contribution in [0.3, 0.4) is 0 Å². The van der Waals surface area contributed by atoms with Crippen LogP contribution in [0.25, 0.3) is 6.08 Å². The first-order valence-corrected chi connectivity index (χ1v) is 10.4. The van der Waals surface area contributed by atoms with Crippen molar-refractivity contribution in [1.82, 2.24) is 0 Å². The fraction of sp³-hybridized carbons (Fsp3) is 0.542. The molecule has 1 saturated heterocycles. The zero-order chi connectivity index (χ0) is 23.0. The molecule has 3 rings (SSSR count). The molecule has 0 spiro atoms. The zero-order valence-electron chi connectivity index (χ0n) is 18.5. The van der Waals surface area contributed by atoms with Crippen LogP contribution < -0.4 is 0 Å². The number of carbonyl (C=O) groups is 1. The van der Waals surface area contributed by atoms with E-state index in [0.717, 1.165) is 5.56 Å². The third-order valence-electron chi connectivity index (χ3n) is 5.52. The van der Waals surface area contributed by atoms with E-state index in [4.69, 9.17) is 14.2 Å². The minimum absolute atomic E-state index is 0.144. The Hall–Kier alpha value is -2.12. The molecule has 0 amide bonds. The van der Waals surface area contributed by atoms with E-state index in [9.17, 15) is 18.0 Å². The van der Waals surface area contributed by atoms with Crippen LogP contribution >= 0.6 is 0 Å². The van der Waals surface area contributed by atoms with E-state index in [1.54, 1.807) is 31.2 Å². The normalized spacial score (nSPS) is 31.2. The number of cyclic esters (lactones) is 1. The van der Waals surface area contributed by atoms with E-state index in [0.29, 0.717) is 17.5 Å². The highest BCUT2D eigenvalue weighted by Gasteiger charge is 2.44. The summed E-state index contributed by atoms with van der Waals surface area (Å²) in [5.74, 6) is -1.93. The number of hydrogen-bond acceptors (Lipinski definition) is 4. The number of alkyl halides is 3. The molecule has 31 heavy (non-hydrogen) atoms. The second-order valence-corrected chi connectivity index (χ2v) is 8.78. The van der Waals surface area contributed by atoms with Crippen molar-refractivity contribution in [1.29, 1.82) is 0 Å². The van der Waals surface area contributed by atoms with E-state index >= 15 is 0 Å². The van der Waals surface area contributed by atoms with Crippen LogP contribution in [0.4, 0.5) is 13.2 Å². The molecule has 0 radical (unpaired) electrons. The molecule has 170 valence electrons. The van der Waals surface area contributed by atoms with Crippen LogP contribution in [0.5, 0.6) is 0 Å². The Labute approximate surface area is 181 Å². The highest BCUT2D eigenvalue weighted by atomic mass is 19.4. The number of benzene rings is 1. The summed E-state index contributed by atoms with van der Waals surface area (Å²) in [5, 5.41) is 0. The summed E-state index contributed by atoms with van der Waals surface area (Å²) in [5.41, 5.74) is 2.14. The van der Waals surface area contributed by atoms with Crippen molar-refractivity contribution < 1.29 is 32.2 Å². The van der Waals surface area contributed by atoms with Gasteiger partial charge in [-0.25, -0.2) is 4.79 Å². The van der Waals surface area contributed by atoms with Crippen molar-refractivity contribution in [3.05, 3.63) is 52.6 Å². The van der Waals surface area contributed by atoms with Crippen molar-refractivity contribution >= 4 is 12.0 Å². The zero-order valence-corrected chi connectivity index (χ0v) is 18.5. The fourth-order valence-corrected chi connectivity index (χ4v) is 4.19. The Bertz CT molecular complexity index is 886. The SMILES string of the molecule is Cc1cc(C)c2c(c1)/C=C/C[C@@H]1OC(C)(C)O[C@@H]1C(C)/C=C\C[C@H](C(F)(F)F)OC2=O. The van der Waals surface area contributed by atoms with Gasteiger partial charge < -0.3 is 14.2 Å². The number of ether oxygens (including phenoxy) is 3. The molecule has 1 unspecified atom stereocenters. The maximum Gasteiger partial charge on any atom is 0.425 e. The summed E-state index contributed by atoms with van der Waals surface area (Å²) >= 11 is 0. The molecule has 4 atom stereocenters. The van der Waals surface area contributed by atoms with Gasteiger partial charge in [0.1, 0.15) is 0 Å². The summed E-state index contributed by atoms with van der Waals surface area (Å²) in [6.07, 6.45) is -0.675. The van der Waals surface area contributed by atoms with Crippen molar-refractivity contribution in [3.8, 4) is 0 Å². The molecule has 0 aromatic heterocycles. The molecule has 0 N–H and O–H groups in total. The van der Waals surface area contributed by atoms with Crippen LogP contribution in [0, 0.1) is 19.8 Å². The predicted octanol–water partition coefficient (Wildman–Crippen LogP) is 5.91. The van der Waals surface area contributed by atoms with Crippen molar-refractivity contribution in [2.24, 2.45) is 5.92 Å². The Morgan fingerprint density at radius 1 is 1.06 bits per heavy atom. The molecule has 1 fully saturated rings. The first-order valence-electron chi connectivity index (χ1n) is 10.4. The first kappa shape index (κ1) is 23.5. The fourth-order valence-electron chi connectivity index (χ4n) is 4.19. The molecule has 0 saturated carbocycles. The molecule has 1 aromatic rings. The van der Waals surface area contributed by atoms with Gasteiger partial charge in [-0.15, -0.1) is 0 Å². The van der Waals surface area contributed by atoms with Gasteiger partial charge in [-0.2, -0.15) is 13.2 Å². The summed E-state index contributed by atoms with van der Waals surface area (Å²) in [7, 11) is 0. The van der Waals surface area contributed by atoms with Gasteiger partial charge in [0.2, 0.25) is 6.10 Å². The lowest BCUT2D eigenvalue weighted by molar-refractivity contribution is -0.203. The highest BCUT2D eigenvalue weighted by Crippen LogP contribution is 2.35. The van der Waals surface area contributed by atoms with Crippen LogP contribution in [0.15, 0.2) is 30.4 Å². The van der Waals surface area contributed by atoms with Gasteiger partial charge in [0.15, 0.2) is 5.79 Å². The monoisotopic (exact) mass is 438 g/mol. The van der Waals surface area contributed by atoms with Crippen LogP contribution in [-0.4, -0.2) is 36.2 Å². The molecule has 2 heterocycles. The average Bonchev–Trinajstić information content (AvgIpc) is 2.93. The molecule has 0 aliphatic carbocycles. The Morgan fingerprint density at radius 3 is 2.45 bits per heavy atom. The van der Waals surface area contributed by atoms with E-state index in [1.807, 2.05) is 33.8 Å². The van der Waals surface area contributed by atoms with E-state index < -0.39 is 30.5 Å². The lowest BCUT2D eigenvalue weighted by Crippen LogP contribution is -2.34. The Kier molecular flexibility index (Phi) is 6.67. The van der Waals surface area contributed by atoms with Crippen molar-refractivity contribution in [3.63, 3.8) is 0 Å². The van der Waals surface area contributed by atoms with Crippen LogP contribution in [-0.2, 0) is 14.2 Å². The first-order chi connectivity index (χ1) is 14.4. The van der Waals surface area contributed by atoms with Gasteiger partial charge >= 0.3 is 12.1 Å². The van der Waals surface area contributed by atoms with Crippen LogP contribution in [0.2, 0.25) is 0 Å². The molecular formula is C24H29F3O4. The van der Waals surface area contributed by atoms with E-state index in [2.05, 4.69) is 0 Å². The summed E-state index contributed by atoms with van der Waals surface area (Å²) < 4.78 is 57.7. The maximum atomic E-state index is 13.6. The van der Waals surface area contributed by atoms with E-state index in [-0.39, 0.29) is 23.7 Å². The number of fused-ring (bicyclic) bond motifs is 2. The minimum atomic E-state index is -4.67. The molecule has 0 bridgehead atoms. The van der Waals surface area contributed by atoms with Crippen molar-refractivity contribution in [2.75, 3.05) is 0 Å². The third kappa shape index (κ3) is 5.57. The number of carbonyl (C=O) groups excluding carboxylic acids is 1. The molecule has 2 aliphatic heterocycles. The number of rotatable bonds is 0. The smallest absolute Gasteiger partial charge is 0.425 e. The number of esters is 1. The molecule has 1 aromatic carbocycles. The maximum absolute atomic E-state index is 13.6. The quantitative estimate of drug-likeness (QED) is 0.373. The van der Waals surface area contributed by atoms with Crippen LogP contribution in [0.1, 0.15) is 60.7 Å². The second-order valence-electron chi connectivity index (χ2n) is 8.78. The molecular weight excluding hydrogens is 409 g/mol. The largest absolute Gasteiger partial charge is 0.449 e. The lowest BCUT2D eigenvalue weighted by atomic mass is 9.95. The van der Waals surface area contributed by atoms with Gasteiger partial charge in [0.25, 0.3) is 0 Å². The van der Waals surface area contributed by atoms with Gasteiger partial charge in [0.05, 0.1) is 17.8 Å². The molecule has 7 heteroatoms. The van der Waals surface area contributed by atoms with Crippen molar-refractivity contribution in [2.45, 2.75) is 77.7 Å². The standard InChI is InChI=1S/C24H29F3O4/c1-14-12-16(3)20-17(13-14)9-7-10-18-21(31-23(4,5)30-18)15(2)8-6-11-19(24(25,26)27)29-22(20)28/h6-9,12-13,15,18-19,21H,10-11H2,1-5H3/b8-6-,9-7+/t15?,18-,19+,21+/m0/s1. The lowest BCUT2D eigenvalue weighted by Gasteiger charge is -2.23. The summed E-state index contributed by atoms with van der Waals surface area (Å²) in [6, 6.07) is 3.53. The average molecular weight is 438 g/mol. The molecule has 4 nitrogen and oxygen atoms in total. The third-order valence-corrected chi connectivity index (χ3v) is 5.52. The highest BCUT2D eigenvalue weighted by molar-refractivity contribution is 5.95. The number of hydrogen-bond donors (Lipinski definition) is 0. The second kappa shape index (κ2) is 8.79. The number of aryl methyl sites for hydroxylation is 2. The van der Waals surface area contributed by atoms with Gasteiger partial charge in [-0.05, 0) is 45.2 Å². The topological polar surface area (TPSA) is 44.8 Å². The summed E-state index contributed by atoms with van der Waals surface area (Å²) in [4.78, 5) is 12.8. The molecule has 2 aliphatic rings. The van der Waals surface area contributed by atoms with Gasteiger partial charge in [-0.1, -0.05) is 48.9 Å². The Morgan fingerprint density at radius 2 is 1.77 bits per heavy atom. The number of halogens is 3. The summed E-state index contributed by atoms with van der Waals surface area (Å²) in [6.45, 7) is 9.09.